The topological polar surface area (TPSA) is 75.6 Å². The largest absolute Gasteiger partial charge is 0.481 e. The van der Waals surface area contributed by atoms with Crippen molar-refractivity contribution in [3.05, 3.63) is 11.9 Å². The summed E-state index contributed by atoms with van der Waals surface area (Å²) in [6, 6.07) is -0.134. The molecule has 0 saturated carbocycles. The van der Waals surface area contributed by atoms with Crippen LogP contribution < -0.4 is 9.64 Å². The van der Waals surface area contributed by atoms with Gasteiger partial charge in [0.05, 0.1) is 18.6 Å². The van der Waals surface area contributed by atoms with Gasteiger partial charge in [0.15, 0.2) is 0 Å². The molecule has 1 aromatic rings. The van der Waals surface area contributed by atoms with Gasteiger partial charge in [-0.25, -0.2) is 9.97 Å². The third-order valence-electron chi connectivity index (χ3n) is 2.91. The highest BCUT2D eigenvalue weighted by Crippen LogP contribution is 2.25. The minimum atomic E-state index is -0.817. The molecule has 0 radical (unpaired) electrons. The minimum Gasteiger partial charge on any atom is -0.481 e. The summed E-state index contributed by atoms with van der Waals surface area (Å²) < 4.78 is 5.44. The molecule has 0 saturated heterocycles. The normalized spacial score (nSPS) is 12.0. The van der Waals surface area contributed by atoms with Crippen molar-refractivity contribution in [1.82, 2.24) is 9.97 Å². The van der Waals surface area contributed by atoms with Crippen LogP contribution in [0.2, 0.25) is 0 Å². The molecule has 1 aromatic heterocycles. The quantitative estimate of drug-likeness (QED) is 0.813. The van der Waals surface area contributed by atoms with E-state index in [0.717, 1.165) is 11.4 Å². The van der Waals surface area contributed by atoms with Crippen LogP contribution in [-0.2, 0) is 4.79 Å². The van der Waals surface area contributed by atoms with Crippen LogP contribution in [0.5, 0.6) is 5.88 Å². The van der Waals surface area contributed by atoms with Gasteiger partial charge in [-0.1, -0.05) is 0 Å². The van der Waals surface area contributed by atoms with Crippen molar-refractivity contribution in [1.29, 1.82) is 0 Å². The van der Waals surface area contributed by atoms with Crippen molar-refractivity contribution in [3.63, 3.8) is 0 Å². The Balaban J connectivity index is 3.04. The van der Waals surface area contributed by atoms with E-state index in [1.807, 2.05) is 32.6 Å². The Morgan fingerprint density at radius 2 is 2.16 bits per heavy atom. The lowest BCUT2D eigenvalue weighted by Crippen LogP contribution is -2.35. The molecule has 1 unspecified atom stereocenters. The molecule has 6 heteroatoms. The van der Waals surface area contributed by atoms with Crippen LogP contribution in [0.15, 0.2) is 6.33 Å². The van der Waals surface area contributed by atoms with Gasteiger partial charge in [-0.05, 0) is 27.7 Å². The number of hydrogen-bond donors (Lipinski definition) is 1. The van der Waals surface area contributed by atoms with Crippen LogP contribution in [0.25, 0.3) is 0 Å². The highest BCUT2D eigenvalue weighted by molar-refractivity contribution is 5.68. The number of anilines is 1. The van der Waals surface area contributed by atoms with Crippen molar-refractivity contribution < 1.29 is 14.6 Å². The first-order chi connectivity index (χ1) is 9.01. The summed E-state index contributed by atoms with van der Waals surface area (Å²) in [7, 11) is 0. The Kier molecular flexibility index (Phi) is 5.54. The number of carboxylic acids is 1. The van der Waals surface area contributed by atoms with Gasteiger partial charge in [-0.2, -0.15) is 0 Å². The summed E-state index contributed by atoms with van der Waals surface area (Å²) in [5.74, 6) is 0.464. The maximum atomic E-state index is 10.8. The zero-order valence-electron chi connectivity index (χ0n) is 11.9. The highest BCUT2D eigenvalue weighted by Gasteiger charge is 2.20. The van der Waals surface area contributed by atoms with Gasteiger partial charge >= 0.3 is 5.97 Å². The van der Waals surface area contributed by atoms with Gasteiger partial charge < -0.3 is 14.7 Å². The predicted octanol–water partition coefficient (Wildman–Crippen LogP) is 1.87. The summed E-state index contributed by atoms with van der Waals surface area (Å²) in [5.41, 5.74) is 0.837. The Morgan fingerprint density at radius 3 is 2.68 bits per heavy atom. The van der Waals surface area contributed by atoms with Crippen LogP contribution in [0.1, 0.15) is 32.8 Å². The molecule has 0 spiro atoms. The Morgan fingerprint density at radius 1 is 1.47 bits per heavy atom. The number of aliphatic carboxylic acids is 1. The predicted molar refractivity (Wildman–Crippen MR) is 72.7 cm³/mol. The molecule has 19 heavy (non-hydrogen) atoms. The van der Waals surface area contributed by atoms with Crippen molar-refractivity contribution in [2.75, 3.05) is 18.1 Å². The zero-order chi connectivity index (χ0) is 14.4. The fourth-order valence-electron chi connectivity index (χ4n) is 2.03. The molecule has 6 nitrogen and oxygen atoms in total. The average molecular weight is 267 g/mol. The third kappa shape index (κ3) is 3.81. The van der Waals surface area contributed by atoms with Gasteiger partial charge in [0.2, 0.25) is 5.88 Å². The van der Waals surface area contributed by atoms with Crippen molar-refractivity contribution in [2.45, 2.75) is 40.2 Å². The molecule has 1 atom stereocenters. The first kappa shape index (κ1) is 15.2. The van der Waals surface area contributed by atoms with Gasteiger partial charge in [0.1, 0.15) is 12.1 Å². The van der Waals surface area contributed by atoms with E-state index in [1.165, 1.54) is 6.33 Å². The fourth-order valence-corrected chi connectivity index (χ4v) is 2.03. The molecule has 106 valence electrons. The second kappa shape index (κ2) is 6.92. The SMILES string of the molecule is CCOc1ncnc(N(CC)C(C)CC(=O)O)c1C. The molecule has 0 bridgehead atoms. The smallest absolute Gasteiger partial charge is 0.305 e. The molecule has 1 N–H and O–H groups in total. The summed E-state index contributed by atoms with van der Waals surface area (Å²) in [6.07, 6.45) is 1.52. The number of carboxylic acid groups (broad SMARTS) is 1. The van der Waals surface area contributed by atoms with Gasteiger partial charge in [0.25, 0.3) is 0 Å². The molecule has 0 aliphatic heterocycles. The van der Waals surface area contributed by atoms with E-state index in [4.69, 9.17) is 9.84 Å². The molecule has 0 amide bonds. The molecular formula is C13H21N3O3. The highest BCUT2D eigenvalue weighted by atomic mass is 16.5. The third-order valence-corrected chi connectivity index (χ3v) is 2.91. The number of rotatable bonds is 7. The monoisotopic (exact) mass is 267 g/mol. The van der Waals surface area contributed by atoms with E-state index in [0.29, 0.717) is 19.0 Å². The van der Waals surface area contributed by atoms with E-state index in [1.54, 1.807) is 0 Å². The second-order valence-corrected chi connectivity index (χ2v) is 4.29. The number of ether oxygens (including phenoxy) is 1. The van der Waals surface area contributed by atoms with E-state index in [-0.39, 0.29) is 12.5 Å². The van der Waals surface area contributed by atoms with Crippen LogP contribution in [0.4, 0.5) is 5.82 Å². The van der Waals surface area contributed by atoms with E-state index < -0.39 is 5.97 Å². The van der Waals surface area contributed by atoms with Crippen molar-refractivity contribution in [3.8, 4) is 5.88 Å². The summed E-state index contributed by atoms with van der Waals surface area (Å²) in [6.45, 7) is 8.84. The van der Waals surface area contributed by atoms with Gasteiger partial charge in [-0.15, -0.1) is 0 Å². The molecular weight excluding hydrogens is 246 g/mol. The lowest BCUT2D eigenvalue weighted by molar-refractivity contribution is -0.137. The molecule has 1 rings (SSSR count). The van der Waals surface area contributed by atoms with Crippen molar-refractivity contribution >= 4 is 11.8 Å². The van der Waals surface area contributed by atoms with Gasteiger partial charge in [0, 0.05) is 12.6 Å². The fraction of sp³-hybridized carbons (Fsp3) is 0.615. The number of carbonyl (C=O) groups is 1. The van der Waals surface area contributed by atoms with Gasteiger partial charge in [-0.3, -0.25) is 4.79 Å². The van der Waals surface area contributed by atoms with Crippen LogP contribution in [0.3, 0.4) is 0 Å². The van der Waals surface area contributed by atoms with E-state index in [9.17, 15) is 4.79 Å². The number of nitrogens with zero attached hydrogens (tertiary/aromatic N) is 3. The molecule has 0 fully saturated rings. The lowest BCUT2D eigenvalue weighted by atomic mass is 10.2. The first-order valence-electron chi connectivity index (χ1n) is 6.44. The maximum absolute atomic E-state index is 10.8. The van der Waals surface area contributed by atoms with Crippen LogP contribution in [-0.4, -0.2) is 40.2 Å². The maximum Gasteiger partial charge on any atom is 0.305 e. The average Bonchev–Trinajstić information content (AvgIpc) is 2.34. The van der Waals surface area contributed by atoms with E-state index >= 15 is 0 Å². The molecule has 0 aliphatic rings. The Hall–Kier alpha value is -1.85. The minimum absolute atomic E-state index is 0.0707. The summed E-state index contributed by atoms with van der Waals surface area (Å²) in [5, 5.41) is 8.90. The number of hydrogen-bond acceptors (Lipinski definition) is 5. The summed E-state index contributed by atoms with van der Waals surface area (Å²) in [4.78, 5) is 21.1. The molecule has 0 aliphatic carbocycles. The summed E-state index contributed by atoms with van der Waals surface area (Å²) >= 11 is 0. The molecule has 0 aromatic carbocycles. The van der Waals surface area contributed by atoms with Crippen molar-refractivity contribution in [2.24, 2.45) is 0 Å². The first-order valence-corrected chi connectivity index (χ1v) is 6.44. The number of aromatic nitrogens is 2. The van der Waals surface area contributed by atoms with Crippen LogP contribution >= 0.6 is 0 Å². The zero-order valence-corrected chi connectivity index (χ0v) is 11.9. The second-order valence-electron chi connectivity index (χ2n) is 4.29. The molecule has 1 heterocycles. The standard InChI is InChI=1S/C13H21N3O3/c1-5-16(9(3)7-11(17)18)12-10(4)13(19-6-2)15-8-14-12/h8-9H,5-7H2,1-4H3,(H,17,18). The Labute approximate surface area is 113 Å². The lowest BCUT2D eigenvalue weighted by Gasteiger charge is -2.29. The Bertz CT molecular complexity index is 437. The van der Waals surface area contributed by atoms with E-state index in [2.05, 4.69) is 9.97 Å². The van der Waals surface area contributed by atoms with Crippen LogP contribution in [0, 0.1) is 6.92 Å².